The lowest BCUT2D eigenvalue weighted by Gasteiger charge is -2.21. The number of nitriles is 1. The molecule has 0 aliphatic carbocycles. The van der Waals surface area contributed by atoms with Crippen molar-refractivity contribution in [2.24, 2.45) is 0 Å². The van der Waals surface area contributed by atoms with E-state index in [2.05, 4.69) is 5.32 Å². The number of hydrogen-bond donors (Lipinski definition) is 2. The predicted molar refractivity (Wildman–Crippen MR) is 62.3 cm³/mol. The van der Waals surface area contributed by atoms with Crippen LogP contribution >= 0.6 is 0 Å². The molecule has 0 aromatic heterocycles. The number of hydrogen-bond acceptors (Lipinski definition) is 3. The maximum atomic E-state index is 11.6. The van der Waals surface area contributed by atoms with Gasteiger partial charge in [-0.15, -0.1) is 0 Å². The van der Waals surface area contributed by atoms with Crippen molar-refractivity contribution >= 4 is 12.0 Å². The Hall–Kier alpha value is -1.77. The van der Waals surface area contributed by atoms with Crippen molar-refractivity contribution in [1.82, 2.24) is 10.2 Å². The van der Waals surface area contributed by atoms with Gasteiger partial charge in [0.25, 0.3) is 0 Å². The molecule has 0 bridgehead atoms. The first-order chi connectivity index (χ1) is 8.01. The van der Waals surface area contributed by atoms with Crippen molar-refractivity contribution in [1.29, 1.82) is 5.26 Å². The third-order valence-corrected chi connectivity index (χ3v) is 2.29. The van der Waals surface area contributed by atoms with Crippen LogP contribution in [0.25, 0.3) is 0 Å². The fraction of sp³-hybridized carbons (Fsp3) is 0.727. The van der Waals surface area contributed by atoms with E-state index in [9.17, 15) is 9.59 Å². The molecule has 0 radical (unpaired) electrons. The number of rotatable bonds is 7. The first kappa shape index (κ1) is 15.2. The van der Waals surface area contributed by atoms with E-state index in [4.69, 9.17) is 10.4 Å². The summed E-state index contributed by atoms with van der Waals surface area (Å²) in [5, 5.41) is 19.7. The predicted octanol–water partition coefficient (Wildman–Crippen LogP) is 1.18. The van der Waals surface area contributed by atoms with Gasteiger partial charge < -0.3 is 15.3 Å². The van der Waals surface area contributed by atoms with Crippen LogP contribution in [0.3, 0.4) is 0 Å². The highest BCUT2D eigenvalue weighted by Gasteiger charge is 2.17. The number of carbonyl (C=O) groups excluding carboxylic acids is 1. The lowest BCUT2D eigenvalue weighted by atomic mass is 10.1. The van der Waals surface area contributed by atoms with E-state index in [-0.39, 0.29) is 24.9 Å². The van der Waals surface area contributed by atoms with E-state index in [1.807, 2.05) is 13.0 Å². The molecule has 0 saturated carbocycles. The van der Waals surface area contributed by atoms with Gasteiger partial charge in [-0.25, -0.2) is 4.79 Å². The zero-order valence-electron chi connectivity index (χ0n) is 10.3. The maximum Gasteiger partial charge on any atom is 0.317 e. The molecular weight excluding hydrogens is 222 g/mol. The summed E-state index contributed by atoms with van der Waals surface area (Å²) in [5.74, 6) is -0.927. The first-order valence-corrected chi connectivity index (χ1v) is 5.61. The number of nitrogens with zero attached hydrogens (tertiary/aromatic N) is 2. The molecular formula is C11H19N3O3. The van der Waals surface area contributed by atoms with Gasteiger partial charge in [0.2, 0.25) is 0 Å². The van der Waals surface area contributed by atoms with Crippen molar-refractivity contribution in [3.63, 3.8) is 0 Å². The topological polar surface area (TPSA) is 93.4 Å². The Balaban J connectivity index is 4.19. The van der Waals surface area contributed by atoms with Crippen LogP contribution < -0.4 is 5.32 Å². The van der Waals surface area contributed by atoms with Crippen molar-refractivity contribution in [2.45, 2.75) is 38.6 Å². The van der Waals surface area contributed by atoms with Crippen LogP contribution in [0.1, 0.15) is 32.6 Å². The van der Waals surface area contributed by atoms with Gasteiger partial charge >= 0.3 is 12.0 Å². The highest BCUT2D eigenvalue weighted by atomic mass is 16.4. The monoisotopic (exact) mass is 241 g/mol. The molecule has 17 heavy (non-hydrogen) atoms. The zero-order chi connectivity index (χ0) is 13.3. The summed E-state index contributed by atoms with van der Waals surface area (Å²) in [6.45, 7) is 2.27. The Bertz CT molecular complexity index is 299. The van der Waals surface area contributed by atoms with E-state index < -0.39 is 5.97 Å². The number of aliphatic carboxylic acids is 1. The maximum absolute atomic E-state index is 11.6. The second kappa shape index (κ2) is 8.39. The molecule has 1 atom stereocenters. The van der Waals surface area contributed by atoms with Gasteiger partial charge in [0, 0.05) is 19.6 Å². The van der Waals surface area contributed by atoms with Gasteiger partial charge in [0.15, 0.2) is 0 Å². The fourth-order valence-corrected chi connectivity index (χ4v) is 1.39. The number of carboxylic acids is 1. The van der Waals surface area contributed by atoms with E-state index >= 15 is 0 Å². The molecule has 0 aromatic carbocycles. The molecule has 6 heteroatoms. The lowest BCUT2D eigenvalue weighted by Crippen LogP contribution is -2.44. The van der Waals surface area contributed by atoms with Crippen LogP contribution in [-0.4, -0.2) is 41.6 Å². The average Bonchev–Trinajstić information content (AvgIpc) is 2.25. The standard InChI is InChI=1S/C11H19N3O3/c1-3-5-9(8-10(15)16)13-11(17)14(2)7-4-6-12/h9H,3-5,7-8H2,1-2H3,(H,13,17)(H,15,16). The molecule has 6 nitrogen and oxygen atoms in total. The first-order valence-electron chi connectivity index (χ1n) is 5.61. The van der Waals surface area contributed by atoms with Crippen LogP contribution in [0, 0.1) is 11.3 Å². The Kier molecular flexibility index (Phi) is 7.52. The quantitative estimate of drug-likeness (QED) is 0.700. The third kappa shape index (κ3) is 7.17. The minimum absolute atomic E-state index is 0.0777. The SMILES string of the molecule is CCCC(CC(=O)O)NC(=O)N(C)CCC#N. The summed E-state index contributed by atoms with van der Waals surface area (Å²) < 4.78 is 0. The van der Waals surface area contributed by atoms with Crippen molar-refractivity contribution < 1.29 is 14.7 Å². The Labute approximate surface area is 101 Å². The molecule has 0 aromatic rings. The normalized spacial score (nSPS) is 11.4. The number of carboxylic acid groups (broad SMARTS) is 1. The average molecular weight is 241 g/mol. The second-order valence-corrected chi connectivity index (χ2v) is 3.86. The molecule has 0 aliphatic rings. The summed E-state index contributed by atoms with van der Waals surface area (Å²) >= 11 is 0. The number of nitrogens with one attached hydrogen (secondary N) is 1. The van der Waals surface area contributed by atoms with Gasteiger partial charge in [-0.1, -0.05) is 13.3 Å². The van der Waals surface area contributed by atoms with Crippen molar-refractivity contribution in [3.05, 3.63) is 0 Å². The molecule has 0 spiro atoms. The van der Waals surface area contributed by atoms with Crippen LogP contribution in [-0.2, 0) is 4.79 Å². The van der Waals surface area contributed by atoms with Gasteiger partial charge in [-0.2, -0.15) is 5.26 Å². The molecule has 1 unspecified atom stereocenters. The largest absolute Gasteiger partial charge is 0.481 e. The minimum Gasteiger partial charge on any atom is -0.481 e. The molecule has 96 valence electrons. The van der Waals surface area contributed by atoms with Crippen LogP contribution in [0.15, 0.2) is 0 Å². The highest BCUT2D eigenvalue weighted by molar-refractivity contribution is 5.75. The minimum atomic E-state index is -0.927. The Morgan fingerprint density at radius 3 is 2.65 bits per heavy atom. The van der Waals surface area contributed by atoms with Gasteiger partial charge in [-0.05, 0) is 6.42 Å². The number of amides is 2. The van der Waals surface area contributed by atoms with E-state index in [0.717, 1.165) is 6.42 Å². The Morgan fingerprint density at radius 1 is 1.53 bits per heavy atom. The van der Waals surface area contributed by atoms with Gasteiger partial charge in [0.1, 0.15) is 0 Å². The lowest BCUT2D eigenvalue weighted by molar-refractivity contribution is -0.137. The van der Waals surface area contributed by atoms with E-state index in [0.29, 0.717) is 13.0 Å². The molecule has 0 rings (SSSR count). The van der Waals surface area contributed by atoms with Gasteiger partial charge in [0.05, 0.1) is 18.9 Å². The second-order valence-electron chi connectivity index (χ2n) is 3.86. The molecule has 0 saturated heterocycles. The van der Waals surface area contributed by atoms with Crippen molar-refractivity contribution in [3.8, 4) is 6.07 Å². The fourth-order valence-electron chi connectivity index (χ4n) is 1.39. The zero-order valence-corrected chi connectivity index (χ0v) is 10.3. The molecule has 2 amide bonds. The van der Waals surface area contributed by atoms with Gasteiger partial charge in [-0.3, -0.25) is 4.79 Å². The molecule has 2 N–H and O–H groups in total. The smallest absolute Gasteiger partial charge is 0.317 e. The summed E-state index contributed by atoms with van der Waals surface area (Å²) in [4.78, 5) is 23.6. The summed E-state index contributed by atoms with van der Waals surface area (Å²) in [5.41, 5.74) is 0. The molecule has 0 heterocycles. The number of urea groups is 1. The van der Waals surface area contributed by atoms with E-state index in [1.54, 1.807) is 7.05 Å². The van der Waals surface area contributed by atoms with Crippen LogP contribution in [0.2, 0.25) is 0 Å². The Morgan fingerprint density at radius 2 is 2.18 bits per heavy atom. The third-order valence-electron chi connectivity index (χ3n) is 2.29. The van der Waals surface area contributed by atoms with Crippen molar-refractivity contribution in [2.75, 3.05) is 13.6 Å². The summed E-state index contributed by atoms with van der Waals surface area (Å²) in [7, 11) is 1.58. The number of carbonyl (C=O) groups is 2. The summed E-state index contributed by atoms with van der Waals surface area (Å²) in [6, 6.07) is 1.26. The van der Waals surface area contributed by atoms with Crippen LogP contribution in [0.5, 0.6) is 0 Å². The highest BCUT2D eigenvalue weighted by Crippen LogP contribution is 2.03. The summed E-state index contributed by atoms with van der Waals surface area (Å²) in [6.07, 6.45) is 1.62. The van der Waals surface area contributed by atoms with E-state index in [1.165, 1.54) is 4.90 Å². The molecule has 0 aliphatic heterocycles. The molecule has 0 fully saturated rings. The van der Waals surface area contributed by atoms with Crippen LogP contribution in [0.4, 0.5) is 4.79 Å².